The molecule has 136 valence electrons. The molecule has 24 heavy (non-hydrogen) atoms. The lowest BCUT2D eigenvalue weighted by atomic mass is 10.1. The number of nitrogens with one attached hydrogen (secondary N) is 2. The highest BCUT2D eigenvalue weighted by Crippen LogP contribution is 2.18. The van der Waals surface area contributed by atoms with E-state index in [9.17, 15) is 13.2 Å². The number of ether oxygens (including phenoxy) is 1. The number of sulfonamides is 1. The molecule has 0 unspecified atom stereocenters. The van der Waals surface area contributed by atoms with Gasteiger partial charge in [0.1, 0.15) is 0 Å². The highest BCUT2D eigenvalue weighted by atomic mass is 32.2. The van der Waals surface area contributed by atoms with Crippen LogP contribution in [0.15, 0.2) is 0 Å². The molecule has 0 aliphatic carbocycles. The topological polar surface area (TPSA) is 104 Å². The summed E-state index contributed by atoms with van der Waals surface area (Å²) in [6.45, 7) is 4.60. The number of hydrogen-bond donors (Lipinski definition) is 2. The Kier molecular flexibility index (Phi) is 6.00. The SMILES string of the molecule is Cc1[nH]nc(CCC(=O)N[C@@H]2COC[C@H]2CS(=O)(=O)N(C)C)c1C. The van der Waals surface area contributed by atoms with Crippen molar-refractivity contribution in [2.45, 2.75) is 32.7 Å². The molecule has 9 heteroatoms. The fourth-order valence-electron chi connectivity index (χ4n) is 2.63. The molecule has 0 radical (unpaired) electrons. The zero-order valence-corrected chi connectivity index (χ0v) is 15.4. The first kappa shape index (κ1) is 18.9. The van der Waals surface area contributed by atoms with Crippen molar-refractivity contribution in [2.24, 2.45) is 5.92 Å². The van der Waals surface area contributed by atoms with Crippen LogP contribution in [0.1, 0.15) is 23.4 Å². The molecule has 1 aromatic heterocycles. The predicted molar refractivity (Wildman–Crippen MR) is 90.1 cm³/mol. The molecule has 1 aliphatic rings. The Balaban J connectivity index is 1.87. The minimum absolute atomic E-state index is 0.0252. The Bertz CT molecular complexity index is 684. The van der Waals surface area contributed by atoms with Crippen LogP contribution < -0.4 is 5.32 Å². The maximum absolute atomic E-state index is 12.2. The van der Waals surface area contributed by atoms with E-state index >= 15 is 0 Å². The second kappa shape index (κ2) is 7.62. The lowest BCUT2D eigenvalue weighted by Gasteiger charge is -2.21. The van der Waals surface area contributed by atoms with Crippen molar-refractivity contribution in [1.29, 1.82) is 0 Å². The van der Waals surface area contributed by atoms with Crippen molar-refractivity contribution in [2.75, 3.05) is 33.1 Å². The molecule has 0 aromatic carbocycles. The van der Waals surface area contributed by atoms with Crippen LogP contribution in [-0.2, 0) is 26.0 Å². The van der Waals surface area contributed by atoms with Crippen LogP contribution in [0.3, 0.4) is 0 Å². The Hall–Kier alpha value is -1.45. The van der Waals surface area contributed by atoms with Crippen LogP contribution in [0.2, 0.25) is 0 Å². The Morgan fingerprint density at radius 2 is 2.08 bits per heavy atom. The standard InChI is InChI=1S/C15H26N4O4S/c1-10-11(2)17-18-13(10)5-6-15(20)16-14-8-23-7-12(14)9-24(21,22)19(3)4/h12,14H,5-9H2,1-4H3,(H,16,20)(H,17,18)/t12-,14+/m0/s1. The van der Waals surface area contributed by atoms with Gasteiger partial charge in [0.2, 0.25) is 15.9 Å². The summed E-state index contributed by atoms with van der Waals surface area (Å²) in [5.74, 6) is -0.365. The first-order valence-electron chi connectivity index (χ1n) is 7.98. The molecule has 1 aromatic rings. The van der Waals surface area contributed by atoms with Crippen molar-refractivity contribution in [1.82, 2.24) is 19.8 Å². The summed E-state index contributed by atoms with van der Waals surface area (Å²) in [5.41, 5.74) is 2.96. The molecule has 0 spiro atoms. The molecule has 1 saturated heterocycles. The third kappa shape index (κ3) is 4.55. The van der Waals surface area contributed by atoms with E-state index in [0.29, 0.717) is 26.1 Å². The smallest absolute Gasteiger partial charge is 0.220 e. The van der Waals surface area contributed by atoms with Crippen molar-refractivity contribution in [3.63, 3.8) is 0 Å². The number of aryl methyl sites for hydroxylation is 2. The molecule has 0 bridgehead atoms. The number of aromatic nitrogens is 2. The molecule has 1 amide bonds. The van der Waals surface area contributed by atoms with Crippen LogP contribution in [-0.4, -0.2) is 67.9 Å². The van der Waals surface area contributed by atoms with Gasteiger partial charge in [0, 0.05) is 38.5 Å². The van der Waals surface area contributed by atoms with E-state index in [1.54, 1.807) is 0 Å². The van der Waals surface area contributed by atoms with E-state index in [-0.39, 0.29) is 23.6 Å². The summed E-state index contributed by atoms with van der Waals surface area (Å²) >= 11 is 0. The molecule has 2 heterocycles. The number of H-pyrrole nitrogens is 1. The Morgan fingerprint density at radius 3 is 2.67 bits per heavy atom. The minimum Gasteiger partial charge on any atom is -0.379 e. The van der Waals surface area contributed by atoms with Gasteiger partial charge < -0.3 is 10.1 Å². The monoisotopic (exact) mass is 358 g/mol. The largest absolute Gasteiger partial charge is 0.379 e. The highest BCUT2D eigenvalue weighted by Gasteiger charge is 2.34. The van der Waals surface area contributed by atoms with Crippen molar-refractivity contribution in [3.05, 3.63) is 17.0 Å². The van der Waals surface area contributed by atoms with E-state index in [0.717, 1.165) is 17.0 Å². The zero-order valence-electron chi connectivity index (χ0n) is 14.6. The molecule has 1 aliphatic heterocycles. The molecule has 2 rings (SSSR count). The van der Waals surface area contributed by atoms with Gasteiger partial charge in [0.25, 0.3) is 0 Å². The van der Waals surface area contributed by atoms with Crippen molar-refractivity contribution >= 4 is 15.9 Å². The minimum atomic E-state index is -3.32. The van der Waals surface area contributed by atoms with Crippen LogP contribution >= 0.6 is 0 Å². The fourth-order valence-corrected chi connectivity index (χ4v) is 3.80. The second-order valence-corrected chi connectivity index (χ2v) is 8.68. The number of amides is 1. The zero-order chi connectivity index (χ0) is 17.9. The van der Waals surface area contributed by atoms with Gasteiger partial charge in [0.15, 0.2) is 0 Å². The third-order valence-corrected chi connectivity index (χ3v) is 6.43. The number of rotatable bonds is 7. The van der Waals surface area contributed by atoms with Crippen LogP contribution in [0.4, 0.5) is 0 Å². The molecule has 2 N–H and O–H groups in total. The van der Waals surface area contributed by atoms with Gasteiger partial charge >= 0.3 is 0 Å². The fraction of sp³-hybridized carbons (Fsp3) is 0.733. The molecule has 1 fully saturated rings. The normalized spacial score (nSPS) is 21.4. The number of hydrogen-bond acceptors (Lipinski definition) is 5. The maximum Gasteiger partial charge on any atom is 0.220 e. The predicted octanol–water partition coefficient (Wildman–Crippen LogP) is -0.0183. The van der Waals surface area contributed by atoms with Crippen molar-refractivity contribution in [3.8, 4) is 0 Å². The van der Waals surface area contributed by atoms with Crippen LogP contribution in [0, 0.1) is 19.8 Å². The lowest BCUT2D eigenvalue weighted by Crippen LogP contribution is -2.43. The molecule has 8 nitrogen and oxygen atoms in total. The van der Waals surface area contributed by atoms with E-state index in [2.05, 4.69) is 15.5 Å². The molecule has 2 atom stereocenters. The van der Waals surface area contributed by atoms with Gasteiger partial charge in [-0.1, -0.05) is 0 Å². The average Bonchev–Trinajstić information content (AvgIpc) is 3.05. The summed E-state index contributed by atoms with van der Waals surface area (Å²) in [4.78, 5) is 12.2. The van der Waals surface area contributed by atoms with E-state index in [1.807, 2.05) is 13.8 Å². The summed E-state index contributed by atoms with van der Waals surface area (Å²) < 4.78 is 30.6. The first-order chi connectivity index (χ1) is 11.2. The van der Waals surface area contributed by atoms with Gasteiger partial charge in [-0.15, -0.1) is 0 Å². The quantitative estimate of drug-likeness (QED) is 0.713. The van der Waals surface area contributed by atoms with Gasteiger partial charge in [-0.25, -0.2) is 12.7 Å². The lowest BCUT2D eigenvalue weighted by molar-refractivity contribution is -0.122. The van der Waals surface area contributed by atoms with Gasteiger partial charge in [-0.05, 0) is 19.4 Å². The summed E-state index contributed by atoms with van der Waals surface area (Å²) in [7, 11) is -0.307. The number of nitrogens with zero attached hydrogens (tertiary/aromatic N) is 2. The maximum atomic E-state index is 12.2. The summed E-state index contributed by atoms with van der Waals surface area (Å²) in [5, 5.41) is 9.99. The highest BCUT2D eigenvalue weighted by molar-refractivity contribution is 7.89. The van der Waals surface area contributed by atoms with Gasteiger partial charge in [-0.3, -0.25) is 9.89 Å². The van der Waals surface area contributed by atoms with E-state index < -0.39 is 10.0 Å². The van der Waals surface area contributed by atoms with Crippen LogP contribution in [0.25, 0.3) is 0 Å². The average molecular weight is 358 g/mol. The summed E-state index contributed by atoms with van der Waals surface area (Å²) in [6.07, 6.45) is 0.866. The van der Waals surface area contributed by atoms with Crippen LogP contribution in [0.5, 0.6) is 0 Å². The van der Waals surface area contributed by atoms with Gasteiger partial charge in [0.05, 0.1) is 30.7 Å². The summed E-state index contributed by atoms with van der Waals surface area (Å²) in [6, 6.07) is -0.269. The third-order valence-electron chi connectivity index (χ3n) is 4.47. The second-order valence-electron chi connectivity index (χ2n) is 6.45. The molecule has 0 saturated carbocycles. The van der Waals surface area contributed by atoms with E-state index in [1.165, 1.54) is 18.4 Å². The number of carbonyl (C=O) groups excluding carboxylic acids is 1. The number of carbonyl (C=O) groups is 1. The Labute approximate surface area is 143 Å². The van der Waals surface area contributed by atoms with Gasteiger partial charge in [-0.2, -0.15) is 5.10 Å². The number of aromatic amines is 1. The van der Waals surface area contributed by atoms with Crippen molar-refractivity contribution < 1.29 is 17.9 Å². The molecular formula is C15H26N4O4S. The first-order valence-corrected chi connectivity index (χ1v) is 9.59. The van der Waals surface area contributed by atoms with E-state index in [4.69, 9.17) is 4.74 Å². The molecular weight excluding hydrogens is 332 g/mol. The Morgan fingerprint density at radius 1 is 1.38 bits per heavy atom.